The molecule has 0 saturated carbocycles. The molecule has 0 radical (unpaired) electrons. The number of pyridine rings is 1. The highest BCUT2D eigenvalue weighted by Gasteiger charge is 2.32. The predicted molar refractivity (Wildman–Crippen MR) is 92.5 cm³/mol. The number of hydrogen-bond acceptors (Lipinski definition) is 4. The molecule has 0 spiro atoms. The van der Waals surface area contributed by atoms with E-state index >= 15 is 0 Å². The number of methoxy groups -OCH3 is 2. The monoisotopic (exact) mass is 371 g/mol. The van der Waals surface area contributed by atoms with Crippen molar-refractivity contribution in [3.8, 4) is 34.3 Å². The predicted octanol–water partition coefficient (Wildman–Crippen LogP) is 0.100. The van der Waals surface area contributed by atoms with Crippen LogP contribution in [0.5, 0.6) is 23.0 Å². The van der Waals surface area contributed by atoms with Crippen LogP contribution in [0.3, 0.4) is 0 Å². The Balaban J connectivity index is 0.00000168. The average Bonchev–Trinajstić information content (AvgIpc) is 3.13. The van der Waals surface area contributed by atoms with Gasteiger partial charge in [-0.05, 0) is 29.1 Å². The SMILES string of the molecule is COc1ccc2cc3[n+](cc2c1OC)CCc1ccc2c(c1-3)OCO2.[Cl-]. The summed E-state index contributed by atoms with van der Waals surface area (Å²) in [7, 11) is 3.33. The normalized spacial score (nSPS) is 13.6. The molecular weight excluding hydrogens is 354 g/mol. The van der Waals surface area contributed by atoms with Crippen molar-refractivity contribution in [1.29, 1.82) is 0 Å². The van der Waals surface area contributed by atoms with Crippen molar-refractivity contribution in [3.05, 3.63) is 42.1 Å². The van der Waals surface area contributed by atoms with Gasteiger partial charge in [0, 0.05) is 12.5 Å². The number of rotatable bonds is 2. The number of fused-ring (bicyclic) bond motifs is 6. The summed E-state index contributed by atoms with van der Waals surface area (Å²) in [5.74, 6) is 3.17. The summed E-state index contributed by atoms with van der Waals surface area (Å²) in [5.41, 5.74) is 3.57. The van der Waals surface area contributed by atoms with Gasteiger partial charge in [-0.1, -0.05) is 6.07 Å². The molecule has 3 heterocycles. The van der Waals surface area contributed by atoms with Gasteiger partial charge >= 0.3 is 0 Å². The zero-order chi connectivity index (χ0) is 17.0. The topological polar surface area (TPSA) is 40.8 Å². The molecule has 26 heavy (non-hydrogen) atoms. The van der Waals surface area contributed by atoms with Crippen LogP contribution in [0.4, 0.5) is 0 Å². The molecule has 5 nitrogen and oxygen atoms in total. The first kappa shape index (κ1) is 16.8. The van der Waals surface area contributed by atoms with Crippen molar-refractivity contribution < 1.29 is 35.9 Å². The lowest BCUT2D eigenvalue weighted by atomic mass is 9.94. The Morgan fingerprint density at radius 1 is 1.04 bits per heavy atom. The highest BCUT2D eigenvalue weighted by atomic mass is 35.5. The minimum Gasteiger partial charge on any atom is -1.00 e. The Morgan fingerprint density at radius 3 is 2.73 bits per heavy atom. The summed E-state index contributed by atoms with van der Waals surface area (Å²) in [4.78, 5) is 0. The van der Waals surface area contributed by atoms with Gasteiger partial charge in [-0.2, -0.15) is 4.57 Å². The van der Waals surface area contributed by atoms with Crippen molar-refractivity contribution in [1.82, 2.24) is 0 Å². The minimum atomic E-state index is 0. The lowest BCUT2D eigenvalue weighted by Crippen LogP contribution is -3.00. The summed E-state index contributed by atoms with van der Waals surface area (Å²) in [5, 5.41) is 2.15. The first-order valence-electron chi connectivity index (χ1n) is 8.30. The molecule has 2 aromatic carbocycles. The highest BCUT2D eigenvalue weighted by Crippen LogP contribution is 2.45. The van der Waals surface area contributed by atoms with E-state index in [0.717, 1.165) is 58.0 Å². The average molecular weight is 372 g/mol. The van der Waals surface area contributed by atoms with Crippen LogP contribution in [0.15, 0.2) is 36.5 Å². The van der Waals surface area contributed by atoms with Crippen LogP contribution in [-0.4, -0.2) is 21.0 Å². The fourth-order valence-electron chi connectivity index (χ4n) is 3.82. The Bertz CT molecular complexity index is 1020. The van der Waals surface area contributed by atoms with E-state index in [0.29, 0.717) is 0 Å². The molecule has 0 saturated heterocycles. The smallest absolute Gasteiger partial charge is 0.231 e. The van der Waals surface area contributed by atoms with E-state index in [9.17, 15) is 0 Å². The van der Waals surface area contributed by atoms with Gasteiger partial charge in [-0.3, -0.25) is 0 Å². The van der Waals surface area contributed by atoms with Gasteiger partial charge in [-0.25, -0.2) is 0 Å². The van der Waals surface area contributed by atoms with Gasteiger partial charge in [0.25, 0.3) is 0 Å². The molecule has 3 aromatic rings. The van der Waals surface area contributed by atoms with Crippen LogP contribution in [0.1, 0.15) is 5.56 Å². The van der Waals surface area contributed by atoms with Crippen LogP contribution in [0, 0.1) is 0 Å². The van der Waals surface area contributed by atoms with Crippen LogP contribution in [0.2, 0.25) is 0 Å². The maximum Gasteiger partial charge on any atom is 0.231 e. The van der Waals surface area contributed by atoms with Crippen molar-refractivity contribution >= 4 is 10.8 Å². The molecule has 0 amide bonds. The number of aryl methyl sites for hydroxylation is 2. The third-order valence-corrected chi connectivity index (χ3v) is 5.01. The third-order valence-electron chi connectivity index (χ3n) is 5.01. The number of halogens is 1. The van der Waals surface area contributed by atoms with E-state index in [1.165, 1.54) is 5.56 Å². The van der Waals surface area contributed by atoms with Gasteiger partial charge in [0.05, 0.1) is 25.2 Å². The summed E-state index contributed by atoms with van der Waals surface area (Å²) in [6.45, 7) is 1.20. The molecular formula is C20H18ClNO4. The molecule has 5 rings (SSSR count). The Morgan fingerprint density at radius 2 is 1.92 bits per heavy atom. The zero-order valence-corrected chi connectivity index (χ0v) is 15.3. The summed E-state index contributed by atoms with van der Waals surface area (Å²) < 4.78 is 24.6. The Hall–Kier alpha value is -2.66. The second-order valence-corrected chi connectivity index (χ2v) is 6.24. The van der Waals surface area contributed by atoms with E-state index in [1.54, 1.807) is 14.2 Å². The standard InChI is InChI=1S/C20H18NO4.ClH/c1-22-16-5-4-13-9-15-18-12(3-6-17-20(18)25-11-24-17)7-8-21(15)10-14(13)19(16)23-2;/h3-6,9-10H,7-8,11H2,1-2H3;1H/q+1;/p-1. The summed E-state index contributed by atoms with van der Waals surface area (Å²) in [6.07, 6.45) is 3.10. The fraction of sp³-hybridized carbons (Fsp3) is 0.250. The molecule has 2 aliphatic heterocycles. The number of ether oxygens (including phenoxy) is 4. The molecule has 2 aliphatic rings. The van der Waals surface area contributed by atoms with Crippen LogP contribution in [0.25, 0.3) is 22.0 Å². The third kappa shape index (κ3) is 2.27. The minimum absolute atomic E-state index is 0. The van der Waals surface area contributed by atoms with E-state index in [1.807, 2.05) is 12.1 Å². The number of hydrogen-bond donors (Lipinski definition) is 0. The molecule has 1 aromatic heterocycles. The van der Waals surface area contributed by atoms with Gasteiger partial charge in [0.1, 0.15) is 0 Å². The highest BCUT2D eigenvalue weighted by molar-refractivity contribution is 5.92. The van der Waals surface area contributed by atoms with E-state index in [-0.39, 0.29) is 19.2 Å². The molecule has 0 bridgehead atoms. The van der Waals surface area contributed by atoms with Crippen molar-refractivity contribution in [2.45, 2.75) is 13.0 Å². The maximum atomic E-state index is 5.77. The fourth-order valence-corrected chi connectivity index (χ4v) is 3.82. The van der Waals surface area contributed by atoms with E-state index < -0.39 is 0 Å². The quantitative estimate of drug-likeness (QED) is 0.599. The lowest BCUT2D eigenvalue weighted by Gasteiger charge is -2.18. The summed E-state index contributed by atoms with van der Waals surface area (Å²) >= 11 is 0. The van der Waals surface area contributed by atoms with Gasteiger partial charge in [0.2, 0.25) is 12.5 Å². The van der Waals surface area contributed by atoms with Gasteiger partial charge in [0.15, 0.2) is 35.7 Å². The second-order valence-electron chi connectivity index (χ2n) is 6.24. The first-order chi connectivity index (χ1) is 12.3. The van der Waals surface area contributed by atoms with E-state index in [2.05, 4.69) is 29.0 Å². The van der Waals surface area contributed by atoms with E-state index in [4.69, 9.17) is 18.9 Å². The van der Waals surface area contributed by atoms with Crippen LogP contribution in [-0.2, 0) is 13.0 Å². The van der Waals surface area contributed by atoms with Crippen molar-refractivity contribution in [3.63, 3.8) is 0 Å². The molecule has 0 N–H and O–H groups in total. The molecule has 0 aliphatic carbocycles. The molecule has 134 valence electrons. The Kier molecular flexibility index (Phi) is 4.04. The maximum absolute atomic E-state index is 5.77. The van der Waals surface area contributed by atoms with Crippen LogP contribution >= 0.6 is 0 Å². The zero-order valence-electron chi connectivity index (χ0n) is 14.5. The largest absolute Gasteiger partial charge is 1.00 e. The number of aromatic nitrogens is 1. The van der Waals surface area contributed by atoms with Gasteiger partial charge in [-0.15, -0.1) is 0 Å². The van der Waals surface area contributed by atoms with Crippen LogP contribution < -0.4 is 35.9 Å². The summed E-state index contributed by atoms with van der Waals surface area (Å²) in [6, 6.07) is 10.3. The Labute approximate surface area is 157 Å². The van der Waals surface area contributed by atoms with Crippen molar-refractivity contribution in [2.75, 3.05) is 21.0 Å². The van der Waals surface area contributed by atoms with Gasteiger partial charge < -0.3 is 31.4 Å². The molecule has 0 atom stereocenters. The first-order valence-corrected chi connectivity index (χ1v) is 8.30. The van der Waals surface area contributed by atoms with Crippen molar-refractivity contribution in [2.24, 2.45) is 0 Å². The second kappa shape index (κ2) is 6.25. The molecule has 0 unspecified atom stereocenters. The number of benzene rings is 2. The number of nitrogens with zero attached hydrogens (tertiary/aromatic N) is 1. The molecule has 0 fully saturated rings. The lowest BCUT2D eigenvalue weighted by molar-refractivity contribution is -0.686. The molecule has 6 heteroatoms.